The summed E-state index contributed by atoms with van der Waals surface area (Å²) in [6.45, 7) is 0. The molecule has 2 aromatic rings. The molecule has 0 aromatic heterocycles. The van der Waals surface area contributed by atoms with E-state index < -0.39 is 18.1 Å². The number of carbonyl (C=O) groups excluding carboxylic acids is 1. The first-order valence-electron chi connectivity index (χ1n) is 6.87. The lowest BCUT2D eigenvalue weighted by Gasteiger charge is -2.25. The Balaban J connectivity index is 2.01. The Morgan fingerprint density at radius 1 is 1.23 bits per heavy atom. The lowest BCUT2D eigenvalue weighted by molar-refractivity contribution is -0.124. The smallest absolute Gasteiger partial charge is 0.256 e. The van der Waals surface area contributed by atoms with Crippen molar-refractivity contribution in [1.29, 1.82) is 5.26 Å². The molecule has 0 bridgehead atoms. The van der Waals surface area contributed by atoms with Gasteiger partial charge in [0.1, 0.15) is 11.9 Å². The predicted molar refractivity (Wildman–Crippen MR) is 78.4 cm³/mol. The van der Waals surface area contributed by atoms with Crippen LogP contribution in [0.2, 0.25) is 0 Å². The first-order valence-corrected chi connectivity index (χ1v) is 6.87. The van der Waals surface area contributed by atoms with E-state index in [-0.39, 0.29) is 12.2 Å². The Morgan fingerprint density at radius 3 is 2.59 bits per heavy atom. The fraction of sp³-hybridized carbons (Fsp3) is 0.176. The summed E-state index contributed by atoms with van der Waals surface area (Å²) in [7, 11) is 0. The van der Waals surface area contributed by atoms with E-state index in [4.69, 9.17) is 5.26 Å². The van der Waals surface area contributed by atoms with E-state index in [1.807, 2.05) is 6.07 Å². The summed E-state index contributed by atoms with van der Waals surface area (Å²) in [5.41, 5.74) is 1.70. The summed E-state index contributed by atoms with van der Waals surface area (Å²) in [4.78, 5) is 13.7. The molecule has 3 rings (SSSR count). The minimum atomic E-state index is -1.11. The van der Waals surface area contributed by atoms with Crippen LogP contribution in [-0.4, -0.2) is 17.1 Å². The van der Waals surface area contributed by atoms with Crippen LogP contribution in [0.4, 0.5) is 10.1 Å². The average Bonchev–Trinajstić information content (AvgIpc) is 2.83. The number of nitrogens with zero attached hydrogens (tertiary/aromatic N) is 2. The zero-order valence-corrected chi connectivity index (χ0v) is 11.6. The molecule has 1 N–H and O–H groups in total. The minimum absolute atomic E-state index is 0.211. The van der Waals surface area contributed by atoms with Gasteiger partial charge in [0.15, 0.2) is 0 Å². The maximum atomic E-state index is 13.4. The first kappa shape index (κ1) is 14.2. The molecule has 1 fully saturated rings. The fourth-order valence-electron chi connectivity index (χ4n) is 2.73. The standard InChI is InChI=1S/C17H13FN2O2/c18-13-3-1-2-12(8-13)15-9-16(21)17(22)20(15)14-6-4-11(10-19)5-7-14/h1-8,15-16,21H,9H2/t15-,16+/m1/s1. The maximum Gasteiger partial charge on any atom is 0.256 e. The van der Waals surface area contributed by atoms with E-state index in [1.165, 1.54) is 17.0 Å². The number of benzene rings is 2. The molecular formula is C17H13FN2O2. The molecule has 5 heteroatoms. The quantitative estimate of drug-likeness (QED) is 0.926. The normalized spacial score (nSPS) is 21.0. The summed E-state index contributed by atoms with van der Waals surface area (Å²) in [5.74, 6) is -0.801. The second kappa shape index (κ2) is 5.58. The van der Waals surface area contributed by atoms with E-state index in [2.05, 4.69) is 0 Å². The van der Waals surface area contributed by atoms with Gasteiger partial charge in [-0.05, 0) is 42.0 Å². The molecule has 2 aromatic carbocycles. The molecule has 1 aliphatic heterocycles. The molecule has 22 heavy (non-hydrogen) atoms. The lowest BCUT2D eigenvalue weighted by Crippen LogP contribution is -2.30. The number of nitriles is 1. The van der Waals surface area contributed by atoms with Crippen molar-refractivity contribution < 1.29 is 14.3 Å². The van der Waals surface area contributed by atoms with Gasteiger partial charge in [0.05, 0.1) is 17.7 Å². The summed E-state index contributed by atoms with van der Waals surface area (Å²) in [5, 5.41) is 18.7. The maximum absolute atomic E-state index is 13.4. The highest BCUT2D eigenvalue weighted by molar-refractivity contribution is 5.99. The highest BCUT2D eigenvalue weighted by Crippen LogP contribution is 2.37. The van der Waals surface area contributed by atoms with Gasteiger partial charge in [-0.3, -0.25) is 4.79 Å². The van der Waals surface area contributed by atoms with Crippen LogP contribution >= 0.6 is 0 Å². The topological polar surface area (TPSA) is 64.3 Å². The van der Waals surface area contributed by atoms with Crippen LogP contribution in [0.3, 0.4) is 0 Å². The molecule has 1 saturated heterocycles. The zero-order chi connectivity index (χ0) is 15.7. The highest BCUT2D eigenvalue weighted by Gasteiger charge is 2.40. The highest BCUT2D eigenvalue weighted by atomic mass is 19.1. The number of anilines is 1. The Kier molecular flexibility index (Phi) is 3.61. The lowest BCUT2D eigenvalue weighted by atomic mass is 10.0. The van der Waals surface area contributed by atoms with Crippen LogP contribution in [0.1, 0.15) is 23.6 Å². The SMILES string of the molecule is N#Cc1ccc(N2C(=O)[C@@H](O)C[C@@H]2c2cccc(F)c2)cc1. The molecule has 0 aliphatic carbocycles. The third kappa shape index (κ3) is 2.45. The van der Waals surface area contributed by atoms with Crippen molar-refractivity contribution in [3.05, 3.63) is 65.5 Å². The number of aliphatic hydroxyl groups is 1. The van der Waals surface area contributed by atoms with Crippen LogP contribution in [0.25, 0.3) is 0 Å². The predicted octanol–water partition coefficient (Wildman–Crippen LogP) is 2.54. The summed E-state index contributed by atoms with van der Waals surface area (Å²) in [6, 6.07) is 14.1. The van der Waals surface area contributed by atoms with E-state index in [1.54, 1.807) is 36.4 Å². The van der Waals surface area contributed by atoms with Gasteiger partial charge in [-0.25, -0.2) is 4.39 Å². The molecule has 1 amide bonds. The van der Waals surface area contributed by atoms with Gasteiger partial charge < -0.3 is 10.0 Å². The largest absolute Gasteiger partial charge is 0.383 e. The van der Waals surface area contributed by atoms with Crippen molar-refractivity contribution in [3.63, 3.8) is 0 Å². The van der Waals surface area contributed by atoms with E-state index in [9.17, 15) is 14.3 Å². The first-order chi connectivity index (χ1) is 10.6. The van der Waals surface area contributed by atoms with Crippen molar-refractivity contribution in [1.82, 2.24) is 0 Å². The van der Waals surface area contributed by atoms with Gasteiger partial charge in [-0.2, -0.15) is 5.26 Å². The van der Waals surface area contributed by atoms with Crippen molar-refractivity contribution >= 4 is 11.6 Å². The van der Waals surface area contributed by atoms with E-state index in [0.717, 1.165) is 0 Å². The molecule has 110 valence electrons. The number of aliphatic hydroxyl groups excluding tert-OH is 1. The van der Waals surface area contributed by atoms with Crippen molar-refractivity contribution in [2.75, 3.05) is 4.90 Å². The molecule has 2 atom stereocenters. The number of rotatable bonds is 2. The van der Waals surface area contributed by atoms with Crippen LogP contribution in [0, 0.1) is 17.1 Å². The number of hydrogen-bond acceptors (Lipinski definition) is 3. The molecule has 0 radical (unpaired) electrons. The second-order valence-corrected chi connectivity index (χ2v) is 5.19. The van der Waals surface area contributed by atoms with Gasteiger partial charge >= 0.3 is 0 Å². The van der Waals surface area contributed by atoms with Crippen molar-refractivity contribution in [3.8, 4) is 6.07 Å². The Hall–Kier alpha value is -2.71. The van der Waals surface area contributed by atoms with Crippen molar-refractivity contribution in [2.45, 2.75) is 18.6 Å². The van der Waals surface area contributed by atoms with Gasteiger partial charge in [-0.15, -0.1) is 0 Å². The summed E-state index contributed by atoms with van der Waals surface area (Å²) < 4.78 is 13.4. The molecule has 0 unspecified atom stereocenters. The van der Waals surface area contributed by atoms with Gasteiger partial charge in [0.25, 0.3) is 5.91 Å². The second-order valence-electron chi connectivity index (χ2n) is 5.19. The van der Waals surface area contributed by atoms with Crippen molar-refractivity contribution in [2.24, 2.45) is 0 Å². The number of carbonyl (C=O) groups is 1. The minimum Gasteiger partial charge on any atom is -0.383 e. The van der Waals surface area contributed by atoms with Gasteiger partial charge in [0.2, 0.25) is 0 Å². The molecule has 4 nitrogen and oxygen atoms in total. The average molecular weight is 296 g/mol. The number of hydrogen-bond donors (Lipinski definition) is 1. The number of halogens is 1. The third-order valence-electron chi connectivity index (χ3n) is 3.79. The Bertz CT molecular complexity index is 752. The summed E-state index contributed by atoms with van der Waals surface area (Å²) in [6.07, 6.45) is -0.897. The molecule has 1 heterocycles. The molecule has 0 saturated carbocycles. The van der Waals surface area contributed by atoms with Crippen LogP contribution in [-0.2, 0) is 4.79 Å². The fourth-order valence-corrected chi connectivity index (χ4v) is 2.73. The monoisotopic (exact) mass is 296 g/mol. The van der Waals surface area contributed by atoms with Crippen LogP contribution in [0.5, 0.6) is 0 Å². The molecule has 0 spiro atoms. The van der Waals surface area contributed by atoms with Crippen LogP contribution < -0.4 is 4.90 Å². The van der Waals surface area contributed by atoms with Gasteiger partial charge in [0, 0.05) is 12.1 Å². The Morgan fingerprint density at radius 2 is 1.95 bits per heavy atom. The molecule has 1 aliphatic rings. The van der Waals surface area contributed by atoms with E-state index in [0.29, 0.717) is 16.8 Å². The third-order valence-corrected chi connectivity index (χ3v) is 3.79. The van der Waals surface area contributed by atoms with Crippen LogP contribution in [0.15, 0.2) is 48.5 Å². The summed E-state index contributed by atoms with van der Waals surface area (Å²) >= 11 is 0. The number of amides is 1. The Labute approximate surface area is 127 Å². The zero-order valence-electron chi connectivity index (χ0n) is 11.6. The van der Waals surface area contributed by atoms with E-state index >= 15 is 0 Å². The molecular weight excluding hydrogens is 283 g/mol. The van der Waals surface area contributed by atoms with Gasteiger partial charge in [-0.1, -0.05) is 12.1 Å².